The number of hydrogen-bond donors (Lipinski definition) is 2. The molecule has 2 aromatic carbocycles. The average Bonchev–Trinajstić information content (AvgIpc) is 2.58. The van der Waals surface area contributed by atoms with Crippen molar-refractivity contribution in [3.8, 4) is 16.9 Å². The highest BCUT2D eigenvalue weighted by Gasteiger charge is 2.07. The maximum Gasteiger partial charge on any atom is 0.258 e. The molecule has 2 amide bonds. The summed E-state index contributed by atoms with van der Waals surface area (Å²) in [5.74, 6) is 0.321. The lowest BCUT2D eigenvalue weighted by Gasteiger charge is -2.12. The van der Waals surface area contributed by atoms with E-state index in [0.717, 1.165) is 11.1 Å². The van der Waals surface area contributed by atoms with Gasteiger partial charge in [0.15, 0.2) is 6.61 Å². The Labute approximate surface area is 135 Å². The number of para-hydroxylation sites is 1. The Morgan fingerprint density at radius 1 is 0.913 bits per heavy atom. The Bertz CT molecular complexity index is 656. The summed E-state index contributed by atoms with van der Waals surface area (Å²) in [5, 5.41) is 5.30. The lowest BCUT2D eigenvalue weighted by Crippen LogP contribution is -2.36. The van der Waals surface area contributed by atoms with E-state index in [1.165, 1.54) is 6.92 Å². The number of rotatable bonds is 7. The molecule has 0 unspecified atom stereocenters. The fourth-order valence-corrected chi connectivity index (χ4v) is 2.08. The molecule has 0 heterocycles. The van der Waals surface area contributed by atoms with Crippen molar-refractivity contribution in [1.82, 2.24) is 10.6 Å². The van der Waals surface area contributed by atoms with Gasteiger partial charge in [0.1, 0.15) is 5.75 Å². The van der Waals surface area contributed by atoms with Gasteiger partial charge >= 0.3 is 0 Å². The summed E-state index contributed by atoms with van der Waals surface area (Å²) in [4.78, 5) is 22.5. The summed E-state index contributed by atoms with van der Waals surface area (Å²) in [7, 11) is 0. The Balaban J connectivity index is 1.89. The third-order valence-electron chi connectivity index (χ3n) is 3.15. The maximum absolute atomic E-state index is 11.8. The minimum Gasteiger partial charge on any atom is -0.483 e. The van der Waals surface area contributed by atoms with Crippen LogP contribution < -0.4 is 15.4 Å². The molecule has 0 radical (unpaired) electrons. The molecule has 2 N–H and O–H groups in total. The summed E-state index contributed by atoms with van der Waals surface area (Å²) in [5.41, 5.74) is 1.98. The van der Waals surface area contributed by atoms with E-state index < -0.39 is 0 Å². The van der Waals surface area contributed by atoms with Crippen molar-refractivity contribution < 1.29 is 14.3 Å². The second-order valence-corrected chi connectivity index (χ2v) is 4.98. The summed E-state index contributed by atoms with van der Waals surface area (Å²) in [6.07, 6.45) is 0. The van der Waals surface area contributed by atoms with Crippen LogP contribution in [-0.2, 0) is 9.59 Å². The molecule has 0 atom stereocenters. The van der Waals surface area contributed by atoms with Crippen molar-refractivity contribution in [3.05, 3.63) is 54.6 Å². The lowest BCUT2D eigenvalue weighted by atomic mass is 10.1. The summed E-state index contributed by atoms with van der Waals surface area (Å²) in [6, 6.07) is 17.5. The van der Waals surface area contributed by atoms with Gasteiger partial charge in [-0.25, -0.2) is 0 Å². The van der Waals surface area contributed by atoms with E-state index in [1.54, 1.807) is 0 Å². The highest BCUT2D eigenvalue weighted by molar-refractivity contribution is 5.78. The van der Waals surface area contributed by atoms with Crippen LogP contribution in [0.1, 0.15) is 6.92 Å². The standard InChI is InChI=1S/C18H20N2O3/c1-14(21)19-11-12-20-18(22)13-23-17-10-6-5-9-16(17)15-7-3-2-4-8-15/h2-10H,11-13H2,1H3,(H,19,21)(H,20,22). The van der Waals surface area contributed by atoms with Crippen LogP contribution in [0.2, 0.25) is 0 Å². The van der Waals surface area contributed by atoms with Crippen molar-refractivity contribution in [1.29, 1.82) is 0 Å². The predicted octanol–water partition coefficient (Wildman–Crippen LogP) is 1.98. The van der Waals surface area contributed by atoms with Crippen LogP contribution in [0, 0.1) is 0 Å². The number of carbonyl (C=O) groups is 2. The Morgan fingerprint density at radius 2 is 1.57 bits per heavy atom. The molecule has 120 valence electrons. The van der Waals surface area contributed by atoms with Crippen LogP contribution in [0.25, 0.3) is 11.1 Å². The van der Waals surface area contributed by atoms with E-state index in [4.69, 9.17) is 4.74 Å². The van der Waals surface area contributed by atoms with Crippen molar-refractivity contribution in [3.63, 3.8) is 0 Å². The summed E-state index contributed by atoms with van der Waals surface area (Å²) >= 11 is 0. The molecule has 5 heteroatoms. The highest BCUT2D eigenvalue weighted by atomic mass is 16.5. The zero-order valence-electron chi connectivity index (χ0n) is 13.0. The van der Waals surface area contributed by atoms with Crippen LogP contribution in [0.3, 0.4) is 0 Å². The van der Waals surface area contributed by atoms with Crippen molar-refractivity contribution in [2.24, 2.45) is 0 Å². The van der Waals surface area contributed by atoms with Gasteiger partial charge in [-0.05, 0) is 11.6 Å². The number of benzene rings is 2. The minimum absolute atomic E-state index is 0.0656. The van der Waals surface area contributed by atoms with E-state index in [9.17, 15) is 9.59 Å². The van der Waals surface area contributed by atoms with Crippen LogP contribution in [0.5, 0.6) is 5.75 Å². The van der Waals surface area contributed by atoms with Gasteiger partial charge in [0.05, 0.1) is 0 Å². The van der Waals surface area contributed by atoms with Crippen LogP contribution in [0.15, 0.2) is 54.6 Å². The van der Waals surface area contributed by atoms with Gasteiger partial charge in [0, 0.05) is 25.6 Å². The Hall–Kier alpha value is -2.82. The lowest BCUT2D eigenvalue weighted by molar-refractivity contribution is -0.123. The molecule has 0 spiro atoms. The number of ether oxygens (including phenoxy) is 1. The largest absolute Gasteiger partial charge is 0.483 e. The molecule has 0 aliphatic rings. The molecule has 0 aromatic heterocycles. The van der Waals surface area contributed by atoms with Gasteiger partial charge in [0.25, 0.3) is 5.91 Å². The van der Waals surface area contributed by atoms with Gasteiger partial charge in [0.2, 0.25) is 5.91 Å². The molecule has 23 heavy (non-hydrogen) atoms. The molecule has 2 rings (SSSR count). The Morgan fingerprint density at radius 3 is 2.30 bits per heavy atom. The molecule has 0 bridgehead atoms. The SMILES string of the molecule is CC(=O)NCCNC(=O)COc1ccccc1-c1ccccc1. The van der Waals surface area contributed by atoms with Crippen LogP contribution >= 0.6 is 0 Å². The fraction of sp³-hybridized carbons (Fsp3) is 0.222. The second kappa shape index (κ2) is 8.58. The maximum atomic E-state index is 11.8. The molecule has 0 saturated carbocycles. The first kappa shape index (κ1) is 16.5. The van der Waals surface area contributed by atoms with Gasteiger partial charge in [-0.3, -0.25) is 9.59 Å². The summed E-state index contributed by atoms with van der Waals surface area (Å²) < 4.78 is 5.63. The first-order chi connectivity index (χ1) is 11.2. The normalized spacial score (nSPS) is 9.96. The molecule has 0 fully saturated rings. The molecule has 0 saturated heterocycles. The minimum atomic E-state index is -0.224. The molecule has 0 aliphatic carbocycles. The van der Waals surface area contributed by atoms with Crippen LogP contribution in [0.4, 0.5) is 0 Å². The number of carbonyl (C=O) groups excluding carboxylic acids is 2. The molecular formula is C18H20N2O3. The van der Waals surface area contributed by atoms with Crippen molar-refractivity contribution in [2.75, 3.05) is 19.7 Å². The van der Waals surface area contributed by atoms with Gasteiger partial charge in [-0.2, -0.15) is 0 Å². The van der Waals surface area contributed by atoms with Gasteiger partial charge in [-0.1, -0.05) is 48.5 Å². The van der Waals surface area contributed by atoms with Crippen molar-refractivity contribution >= 4 is 11.8 Å². The average molecular weight is 312 g/mol. The number of hydrogen-bond acceptors (Lipinski definition) is 3. The van der Waals surface area contributed by atoms with E-state index in [2.05, 4.69) is 10.6 Å². The van der Waals surface area contributed by atoms with E-state index in [-0.39, 0.29) is 18.4 Å². The second-order valence-electron chi connectivity index (χ2n) is 4.98. The number of amides is 2. The van der Waals surface area contributed by atoms with E-state index in [0.29, 0.717) is 18.8 Å². The molecular weight excluding hydrogens is 292 g/mol. The third kappa shape index (κ3) is 5.47. The van der Waals surface area contributed by atoms with Gasteiger partial charge < -0.3 is 15.4 Å². The van der Waals surface area contributed by atoms with Gasteiger partial charge in [-0.15, -0.1) is 0 Å². The quantitative estimate of drug-likeness (QED) is 0.768. The fourth-order valence-electron chi connectivity index (χ4n) is 2.08. The topological polar surface area (TPSA) is 67.4 Å². The predicted molar refractivity (Wildman–Crippen MR) is 89.1 cm³/mol. The monoisotopic (exact) mass is 312 g/mol. The van der Waals surface area contributed by atoms with E-state index >= 15 is 0 Å². The van der Waals surface area contributed by atoms with Crippen LogP contribution in [-0.4, -0.2) is 31.5 Å². The Kier molecular flexibility index (Phi) is 6.17. The highest BCUT2D eigenvalue weighted by Crippen LogP contribution is 2.29. The zero-order valence-corrected chi connectivity index (χ0v) is 13.0. The van der Waals surface area contributed by atoms with Crippen molar-refractivity contribution in [2.45, 2.75) is 6.92 Å². The zero-order chi connectivity index (χ0) is 16.5. The first-order valence-corrected chi connectivity index (χ1v) is 7.45. The number of nitrogens with one attached hydrogen (secondary N) is 2. The van der Waals surface area contributed by atoms with E-state index in [1.807, 2.05) is 54.6 Å². The smallest absolute Gasteiger partial charge is 0.258 e. The first-order valence-electron chi connectivity index (χ1n) is 7.45. The molecule has 5 nitrogen and oxygen atoms in total. The summed E-state index contributed by atoms with van der Waals surface area (Å²) in [6.45, 7) is 2.15. The molecule has 2 aromatic rings. The molecule has 0 aliphatic heterocycles. The third-order valence-corrected chi connectivity index (χ3v) is 3.15.